The van der Waals surface area contributed by atoms with Gasteiger partial charge in [0.15, 0.2) is 0 Å². The first-order chi connectivity index (χ1) is 12.9. The van der Waals surface area contributed by atoms with Gasteiger partial charge in [-0.2, -0.15) is 0 Å². The number of fused-ring (bicyclic) bond motifs is 1. The van der Waals surface area contributed by atoms with E-state index in [4.69, 9.17) is 14.4 Å². The van der Waals surface area contributed by atoms with Crippen LogP contribution in [0.15, 0.2) is 40.9 Å². The summed E-state index contributed by atoms with van der Waals surface area (Å²) >= 11 is 0. The Morgan fingerprint density at radius 2 is 1.89 bits per heavy atom. The average Bonchev–Trinajstić information content (AvgIpc) is 3.02. The van der Waals surface area contributed by atoms with Crippen LogP contribution in [0.4, 0.5) is 0 Å². The number of hydrogen-bond acceptors (Lipinski definition) is 5. The van der Waals surface area contributed by atoms with Crippen molar-refractivity contribution in [2.24, 2.45) is 0 Å². The van der Waals surface area contributed by atoms with E-state index in [9.17, 15) is 0 Å². The molecule has 0 fully saturated rings. The van der Waals surface area contributed by atoms with Crippen molar-refractivity contribution in [3.8, 4) is 11.5 Å². The summed E-state index contributed by atoms with van der Waals surface area (Å²) in [5.41, 5.74) is 4.41. The maximum absolute atomic E-state index is 5.90. The average molecular weight is 362 g/mol. The Morgan fingerprint density at radius 3 is 2.63 bits per heavy atom. The lowest BCUT2D eigenvalue weighted by molar-refractivity contribution is 0.238. The normalized spacial score (nSPS) is 15.0. The second-order valence-corrected chi connectivity index (χ2v) is 8.26. The summed E-state index contributed by atoms with van der Waals surface area (Å²) in [6.45, 7) is 11.1. The predicted molar refractivity (Wildman–Crippen MR) is 105 cm³/mol. The van der Waals surface area contributed by atoms with Gasteiger partial charge in [0.1, 0.15) is 11.6 Å². The number of benzene rings is 1. The molecule has 1 aromatic carbocycles. The molecule has 3 aromatic rings. The van der Waals surface area contributed by atoms with Crippen molar-refractivity contribution >= 4 is 0 Å². The van der Waals surface area contributed by atoms with Gasteiger partial charge in [0.25, 0.3) is 0 Å². The summed E-state index contributed by atoms with van der Waals surface area (Å²) in [6, 6.07) is 10.1. The van der Waals surface area contributed by atoms with Crippen LogP contribution >= 0.6 is 0 Å². The Morgan fingerprint density at radius 1 is 1.11 bits per heavy atom. The van der Waals surface area contributed by atoms with Crippen LogP contribution < -0.4 is 0 Å². The SMILES string of the molecule is Cc1oc(-c2ccccc2)nc1CN1CCc2nc(C(C)(C)C)ncc2C1. The molecule has 3 heterocycles. The third-order valence-corrected chi connectivity index (χ3v) is 4.97. The van der Waals surface area contributed by atoms with Gasteiger partial charge < -0.3 is 4.42 Å². The molecule has 1 aliphatic heterocycles. The standard InChI is InChI=1S/C22H26N4O/c1-15-19(24-20(27-15)16-8-6-5-7-9-16)14-26-11-10-18-17(13-26)12-23-21(25-18)22(2,3)4/h5-9,12H,10-11,13-14H2,1-4H3. The van der Waals surface area contributed by atoms with Crippen molar-refractivity contribution in [1.82, 2.24) is 19.9 Å². The molecule has 27 heavy (non-hydrogen) atoms. The van der Waals surface area contributed by atoms with Gasteiger partial charge in [-0.25, -0.2) is 15.0 Å². The Balaban J connectivity index is 1.50. The lowest BCUT2D eigenvalue weighted by atomic mass is 9.95. The van der Waals surface area contributed by atoms with Gasteiger partial charge in [-0.1, -0.05) is 39.0 Å². The predicted octanol–water partition coefficient (Wildman–Crippen LogP) is 4.30. The first kappa shape index (κ1) is 17.9. The van der Waals surface area contributed by atoms with Crippen molar-refractivity contribution in [3.05, 3.63) is 65.1 Å². The Hall–Kier alpha value is -2.53. The van der Waals surface area contributed by atoms with Crippen molar-refractivity contribution in [3.63, 3.8) is 0 Å². The molecule has 0 radical (unpaired) electrons. The molecule has 140 valence electrons. The van der Waals surface area contributed by atoms with Crippen LogP contribution in [0.1, 0.15) is 49.3 Å². The Labute approximate surface area is 160 Å². The lowest BCUT2D eigenvalue weighted by Crippen LogP contribution is -2.32. The Bertz CT molecular complexity index is 941. The van der Waals surface area contributed by atoms with Crippen LogP contribution in [-0.2, 0) is 24.9 Å². The molecule has 0 amide bonds. The monoisotopic (exact) mass is 362 g/mol. The smallest absolute Gasteiger partial charge is 0.226 e. The van der Waals surface area contributed by atoms with E-state index in [1.807, 2.05) is 43.5 Å². The Kier molecular flexibility index (Phi) is 4.56. The van der Waals surface area contributed by atoms with Crippen LogP contribution in [-0.4, -0.2) is 26.4 Å². The van der Waals surface area contributed by atoms with Crippen LogP contribution in [0, 0.1) is 6.92 Å². The zero-order chi connectivity index (χ0) is 19.0. The zero-order valence-corrected chi connectivity index (χ0v) is 16.5. The summed E-state index contributed by atoms with van der Waals surface area (Å²) in [5, 5.41) is 0. The van der Waals surface area contributed by atoms with E-state index >= 15 is 0 Å². The van der Waals surface area contributed by atoms with Crippen LogP contribution in [0.3, 0.4) is 0 Å². The molecular formula is C22H26N4O. The van der Waals surface area contributed by atoms with Gasteiger partial charge in [0.05, 0.1) is 5.69 Å². The van der Waals surface area contributed by atoms with E-state index in [2.05, 4.69) is 30.7 Å². The summed E-state index contributed by atoms with van der Waals surface area (Å²) < 4.78 is 5.90. The molecule has 5 heteroatoms. The fourth-order valence-corrected chi connectivity index (χ4v) is 3.36. The summed E-state index contributed by atoms with van der Waals surface area (Å²) in [4.78, 5) is 16.5. The summed E-state index contributed by atoms with van der Waals surface area (Å²) in [5.74, 6) is 2.51. The van der Waals surface area contributed by atoms with Gasteiger partial charge in [-0.05, 0) is 19.1 Å². The first-order valence-electron chi connectivity index (χ1n) is 9.49. The van der Waals surface area contributed by atoms with Crippen molar-refractivity contribution < 1.29 is 4.42 Å². The number of hydrogen-bond donors (Lipinski definition) is 0. The topological polar surface area (TPSA) is 55.1 Å². The molecule has 0 unspecified atom stereocenters. The number of nitrogens with zero attached hydrogens (tertiary/aromatic N) is 4. The molecule has 1 aliphatic rings. The molecule has 0 N–H and O–H groups in total. The van der Waals surface area contributed by atoms with Crippen LogP contribution in [0.25, 0.3) is 11.5 Å². The van der Waals surface area contributed by atoms with Crippen molar-refractivity contribution in [2.75, 3.05) is 6.54 Å². The van der Waals surface area contributed by atoms with E-state index in [0.29, 0.717) is 5.89 Å². The molecule has 4 rings (SSSR count). The minimum Gasteiger partial charge on any atom is -0.441 e. The zero-order valence-electron chi connectivity index (χ0n) is 16.5. The van der Waals surface area contributed by atoms with Gasteiger partial charge in [-0.3, -0.25) is 4.90 Å². The van der Waals surface area contributed by atoms with E-state index in [1.54, 1.807) is 0 Å². The molecular weight excluding hydrogens is 336 g/mol. The maximum Gasteiger partial charge on any atom is 0.226 e. The highest BCUT2D eigenvalue weighted by atomic mass is 16.4. The molecule has 5 nitrogen and oxygen atoms in total. The summed E-state index contributed by atoms with van der Waals surface area (Å²) in [6.07, 6.45) is 2.95. The second kappa shape index (κ2) is 6.89. The first-order valence-corrected chi connectivity index (χ1v) is 9.49. The molecule has 0 bridgehead atoms. The van der Waals surface area contributed by atoms with E-state index in [-0.39, 0.29) is 5.41 Å². The van der Waals surface area contributed by atoms with Crippen molar-refractivity contribution in [2.45, 2.75) is 52.6 Å². The largest absolute Gasteiger partial charge is 0.441 e. The quantitative estimate of drug-likeness (QED) is 0.695. The van der Waals surface area contributed by atoms with Gasteiger partial charge in [-0.15, -0.1) is 0 Å². The van der Waals surface area contributed by atoms with Crippen LogP contribution in [0.2, 0.25) is 0 Å². The van der Waals surface area contributed by atoms with Crippen LogP contribution in [0.5, 0.6) is 0 Å². The second-order valence-electron chi connectivity index (χ2n) is 8.26. The number of oxazole rings is 1. The van der Waals surface area contributed by atoms with E-state index in [1.165, 1.54) is 11.3 Å². The van der Waals surface area contributed by atoms with E-state index < -0.39 is 0 Å². The minimum absolute atomic E-state index is 0.0160. The molecule has 0 saturated heterocycles. The summed E-state index contributed by atoms with van der Waals surface area (Å²) in [7, 11) is 0. The van der Waals surface area contributed by atoms with Crippen molar-refractivity contribution in [1.29, 1.82) is 0 Å². The molecule has 0 aliphatic carbocycles. The fraction of sp³-hybridized carbons (Fsp3) is 0.409. The molecule has 0 saturated carbocycles. The van der Waals surface area contributed by atoms with Gasteiger partial charge in [0, 0.05) is 54.5 Å². The van der Waals surface area contributed by atoms with Gasteiger partial charge >= 0.3 is 0 Å². The van der Waals surface area contributed by atoms with Gasteiger partial charge in [0.2, 0.25) is 5.89 Å². The molecule has 0 atom stereocenters. The number of aryl methyl sites for hydroxylation is 1. The third-order valence-electron chi connectivity index (χ3n) is 4.97. The highest BCUT2D eigenvalue weighted by molar-refractivity contribution is 5.53. The number of rotatable bonds is 3. The highest BCUT2D eigenvalue weighted by Crippen LogP contribution is 2.25. The molecule has 0 spiro atoms. The lowest BCUT2D eigenvalue weighted by Gasteiger charge is -2.28. The fourth-order valence-electron chi connectivity index (χ4n) is 3.36. The molecule has 2 aromatic heterocycles. The highest BCUT2D eigenvalue weighted by Gasteiger charge is 2.24. The minimum atomic E-state index is -0.0160. The maximum atomic E-state index is 5.90. The van der Waals surface area contributed by atoms with E-state index in [0.717, 1.165) is 48.9 Å². The third kappa shape index (κ3) is 3.78. The number of aromatic nitrogens is 3.